The molecule has 1 fully saturated rings. The van der Waals surface area contributed by atoms with E-state index in [2.05, 4.69) is 48.2 Å². The highest BCUT2D eigenvalue weighted by Crippen LogP contribution is 2.15. The molecule has 0 aliphatic carbocycles. The van der Waals surface area contributed by atoms with Gasteiger partial charge in [0.25, 0.3) is 0 Å². The van der Waals surface area contributed by atoms with Crippen LogP contribution in [-0.4, -0.2) is 62.8 Å². The van der Waals surface area contributed by atoms with Crippen molar-refractivity contribution in [1.82, 2.24) is 15.5 Å². The van der Waals surface area contributed by atoms with Gasteiger partial charge in [0, 0.05) is 39.3 Å². The molecule has 0 amide bonds. The van der Waals surface area contributed by atoms with Gasteiger partial charge in [0.15, 0.2) is 5.96 Å². The van der Waals surface area contributed by atoms with E-state index < -0.39 is 0 Å². The van der Waals surface area contributed by atoms with E-state index >= 15 is 0 Å². The van der Waals surface area contributed by atoms with E-state index in [9.17, 15) is 0 Å². The molecule has 2 unspecified atom stereocenters. The molecule has 2 N–H and O–H groups in total. The third kappa shape index (κ3) is 9.42. The number of aliphatic imine (C=N–C) groups is 1. The number of piperidine rings is 1. The SMILES string of the molecule is CCOC(CCNC(=NC)NCCN1CCCCC1C)C(C)C.I. The topological polar surface area (TPSA) is 48.9 Å². The van der Waals surface area contributed by atoms with Crippen molar-refractivity contribution in [3.63, 3.8) is 0 Å². The average molecular weight is 454 g/mol. The molecule has 0 saturated carbocycles. The number of likely N-dealkylation sites (tertiary alicyclic amines) is 1. The number of nitrogens with one attached hydrogen (secondary N) is 2. The summed E-state index contributed by atoms with van der Waals surface area (Å²) in [6.07, 6.45) is 5.38. The fraction of sp³-hybridized carbons (Fsp3) is 0.944. The van der Waals surface area contributed by atoms with Crippen molar-refractivity contribution >= 4 is 29.9 Å². The largest absolute Gasteiger partial charge is 0.378 e. The number of halogens is 1. The Labute approximate surface area is 166 Å². The Bertz CT molecular complexity index is 327. The number of guanidine groups is 1. The summed E-state index contributed by atoms with van der Waals surface area (Å²) in [5.41, 5.74) is 0. The van der Waals surface area contributed by atoms with Crippen LogP contribution in [0.3, 0.4) is 0 Å². The van der Waals surface area contributed by atoms with Crippen molar-refractivity contribution in [3.05, 3.63) is 0 Å². The van der Waals surface area contributed by atoms with Crippen LogP contribution in [-0.2, 0) is 4.74 Å². The molecule has 0 bridgehead atoms. The van der Waals surface area contributed by atoms with Gasteiger partial charge in [-0.3, -0.25) is 9.89 Å². The lowest BCUT2D eigenvalue weighted by atomic mass is 10.0. The van der Waals surface area contributed by atoms with Crippen molar-refractivity contribution in [1.29, 1.82) is 0 Å². The highest BCUT2D eigenvalue weighted by atomic mass is 127. The molecular formula is C18H39IN4O. The Kier molecular flexibility index (Phi) is 14.1. The van der Waals surface area contributed by atoms with Crippen molar-refractivity contribution in [2.24, 2.45) is 10.9 Å². The molecule has 5 nitrogen and oxygen atoms in total. The minimum atomic E-state index is 0. The number of rotatable bonds is 9. The van der Waals surface area contributed by atoms with Crippen molar-refractivity contribution in [2.75, 3.05) is 39.8 Å². The van der Waals surface area contributed by atoms with Gasteiger partial charge < -0.3 is 15.4 Å². The van der Waals surface area contributed by atoms with Gasteiger partial charge in [0.05, 0.1) is 6.10 Å². The van der Waals surface area contributed by atoms with Gasteiger partial charge >= 0.3 is 0 Å². The smallest absolute Gasteiger partial charge is 0.191 e. The second kappa shape index (κ2) is 14.1. The van der Waals surface area contributed by atoms with Crippen LogP contribution < -0.4 is 10.6 Å². The predicted molar refractivity (Wildman–Crippen MR) is 115 cm³/mol. The highest BCUT2D eigenvalue weighted by Gasteiger charge is 2.17. The zero-order chi connectivity index (χ0) is 17.1. The Hall–Kier alpha value is -0.0800. The Morgan fingerprint density at radius 3 is 2.54 bits per heavy atom. The van der Waals surface area contributed by atoms with E-state index in [0.29, 0.717) is 12.0 Å². The van der Waals surface area contributed by atoms with Gasteiger partial charge in [-0.25, -0.2) is 0 Å². The molecule has 24 heavy (non-hydrogen) atoms. The first-order chi connectivity index (χ1) is 11.1. The summed E-state index contributed by atoms with van der Waals surface area (Å²) in [5.74, 6) is 1.45. The standard InChI is InChI=1S/C18H38N4O.HI/c1-6-23-17(15(2)3)10-11-20-18(19-5)21-12-14-22-13-8-7-9-16(22)4;/h15-17H,6-14H2,1-5H3,(H2,19,20,21);1H. The Morgan fingerprint density at radius 2 is 1.96 bits per heavy atom. The lowest BCUT2D eigenvalue weighted by Crippen LogP contribution is -2.45. The molecular weight excluding hydrogens is 415 g/mol. The minimum absolute atomic E-state index is 0. The molecule has 1 aliphatic heterocycles. The monoisotopic (exact) mass is 454 g/mol. The first kappa shape index (κ1) is 23.9. The van der Waals surface area contributed by atoms with Crippen LogP contribution in [0.5, 0.6) is 0 Å². The molecule has 1 rings (SSSR count). The maximum atomic E-state index is 5.78. The number of hydrogen-bond donors (Lipinski definition) is 2. The predicted octanol–water partition coefficient (Wildman–Crippen LogP) is 3.10. The van der Waals surface area contributed by atoms with Crippen LogP contribution in [0.2, 0.25) is 0 Å². The molecule has 0 aromatic heterocycles. The zero-order valence-electron chi connectivity index (χ0n) is 16.3. The van der Waals surface area contributed by atoms with E-state index in [0.717, 1.165) is 44.7 Å². The number of hydrogen-bond acceptors (Lipinski definition) is 3. The van der Waals surface area contributed by atoms with E-state index in [1.807, 2.05) is 7.05 Å². The van der Waals surface area contributed by atoms with Crippen molar-refractivity contribution < 1.29 is 4.74 Å². The summed E-state index contributed by atoms with van der Waals surface area (Å²) in [7, 11) is 1.83. The molecule has 2 atom stereocenters. The quantitative estimate of drug-likeness (QED) is 0.320. The van der Waals surface area contributed by atoms with Gasteiger partial charge in [-0.05, 0) is 45.6 Å². The normalized spacial score (nSPS) is 20.6. The second-order valence-electron chi connectivity index (χ2n) is 6.83. The van der Waals surface area contributed by atoms with E-state index in [4.69, 9.17) is 4.74 Å². The average Bonchev–Trinajstić information content (AvgIpc) is 2.54. The van der Waals surface area contributed by atoms with E-state index in [1.165, 1.54) is 25.8 Å². The van der Waals surface area contributed by atoms with E-state index in [1.54, 1.807) is 0 Å². The van der Waals surface area contributed by atoms with Crippen molar-refractivity contribution in [2.45, 2.75) is 65.5 Å². The fourth-order valence-electron chi connectivity index (χ4n) is 3.18. The summed E-state index contributed by atoms with van der Waals surface area (Å²) < 4.78 is 5.78. The van der Waals surface area contributed by atoms with Crippen LogP contribution in [0.15, 0.2) is 4.99 Å². The minimum Gasteiger partial charge on any atom is -0.378 e. The molecule has 0 radical (unpaired) electrons. The van der Waals surface area contributed by atoms with Gasteiger partial charge in [-0.15, -0.1) is 24.0 Å². The summed E-state index contributed by atoms with van der Waals surface area (Å²) in [4.78, 5) is 6.89. The fourth-order valence-corrected chi connectivity index (χ4v) is 3.18. The van der Waals surface area contributed by atoms with Crippen LogP contribution in [0.25, 0.3) is 0 Å². The summed E-state index contributed by atoms with van der Waals surface area (Å²) in [6.45, 7) is 13.8. The lowest BCUT2D eigenvalue weighted by molar-refractivity contribution is 0.0258. The number of nitrogens with zero attached hydrogens (tertiary/aromatic N) is 2. The summed E-state index contributed by atoms with van der Waals surface area (Å²) in [5, 5.41) is 6.83. The molecule has 6 heteroatoms. The molecule has 0 aromatic carbocycles. The Morgan fingerprint density at radius 1 is 1.25 bits per heavy atom. The van der Waals surface area contributed by atoms with Gasteiger partial charge in [0.2, 0.25) is 0 Å². The summed E-state index contributed by atoms with van der Waals surface area (Å²) >= 11 is 0. The van der Waals surface area contributed by atoms with Crippen molar-refractivity contribution in [3.8, 4) is 0 Å². The first-order valence-electron chi connectivity index (χ1n) is 9.38. The maximum Gasteiger partial charge on any atom is 0.191 e. The van der Waals surface area contributed by atoms with Gasteiger partial charge in [0.1, 0.15) is 0 Å². The number of ether oxygens (including phenoxy) is 1. The van der Waals surface area contributed by atoms with Gasteiger partial charge in [-0.1, -0.05) is 20.3 Å². The third-order valence-corrected chi connectivity index (χ3v) is 4.70. The van der Waals surface area contributed by atoms with Crippen LogP contribution >= 0.6 is 24.0 Å². The molecule has 1 heterocycles. The maximum absolute atomic E-state index is 5.78. The van der Waals surface area contributed by atoms with Crippen LogP contribution in [0, 0.1) is 5.92 Å². The highest BCUT2D eigenvalue weighted by molar-refractivity contribution is 14.0. The van der Waals surface area contributed by atoms with Crippen LogP contribution in [0.1, 0.15) is 53.4 Å². The van der Waals surface area contributed by atoms with E-state index in [-0.39, 0.29) is 24.0 Å². The molecule has 144 valence electrons. The molecule has 0 spiro atoms. The third-order valence-electron chi connectivity index (χ3n) is 4.70. The molecule has 1 aliphatic rings. The van der Waals surface area contributed by atoms with Gasteiger partial charge in [-0.2, -0.15) is 0 Å². The lowest BCUT2D eigenvalue weighted by Gasteiger charge is -2.33. The Balaban J connectivity index is 0.00000529. The molecule has 0 aromatic rings. The summed E-state index contributed by atoms with van der Waals surface area (Å²) in [6, 6.07) is 0.721. The first-order valence-corrected chi connectivity index (χ1v) is 9.38. The molecule has 1 saturated heterocycles. The second-order valence-corrected chi connectivity index (χ2v) is 6.83. The van der Waals surface area contributed by atoms with Crippen LogP contribution in [0.4, 0.5) is 0 Å². The zero-order valence-corrected chi connectivity index (χ0v) is 18.6.